The molecule has 0 bridgehead atoms. The van der Waals surface area contributed by atoms with Crippen molar-refractivity contribution in [3.8, 4) is 22.9 Å². The van der Waals surface area contributed by atoms with Crippen LogP contribution in [0.25, 0.3) is 11.1 Å². The molecule has 1 saturated heterocycles. The molecule has 5 rings (SSSR count). The fraction of sp³-hybridized carbons (Fsp3) is 0.167. The zero-order valence-electron chi connectivity index (χ0n) is 22.1. The van der Waals surface area contributed by atoms with Crippen molar-refractivity contribution < 1.29 is 23.4 Å². The second-order valence-electron chi connectivity index (χ2n) is 9.60. The van der Waals surface area contributed by atoms with Gasteiger partial charge in [-0.1, -0.05) is 41.4 Å². The Morgan fingerprint density at radius 1 is 1.12 bits per heavy atom. The molecule has 0 unspecified atom stereocenters. The lowest BCUT2D eigenvalue weighted by Gasteiger charge is -2.23. The van der Waals surface area contributed by atoms with E-state index in [1.807, 2.05) is 17.0 Å². The molecule has 1 aromatic heterocycles. The maximum Gasteiger partial charge on any atom is 0.487 e. The first kappa shape index (κ1) is 30.3. The Kier molecular flexibility index (Phi) is 8.89. The van der Waals surface area contributed by atoms with Crippen LogP contribution < -0.4 is 20.3 Å². The highest BCUT2D eigenvalue weighted by Gasteiger charge is 2.28. The summed E-state index contributed by atoms with van der Waals surface area (Å²) in [5, 5.41) is 26.4. The van der Waals surface area contributed by atoms with E-state index in [1.165, 1.54) is 42.6 Å². The maximum absolute atomic E-state index is 13.3. The molecule has 43 heavy (non-hydrogen) atoms. The molecular formula is C30H22Cl3F2N5O3. The topological polar surface area (TPSA) is 111 Å². The number of ether oxygens (including phenoxy) is 1. The van der Waals surface area contributed by atoms with Crippen LogP contribution >= 0.6 is 34.8 Å². The molecule has 220 valence electrons. The van der Waals surface area contributed by atoms with Crippen molar-refractivity contribution in [1.29, 1.82) is 5.26 Å². The molecule has 0 saturated carbocycles. The predicted octanol–water partition coefficient (Wildman–Crippen LogP) is 7.66. The number of pyridine rings is 1. The van der Waals surface area contributed by atoms with Gasteiger partial charge in [0.2, 0.25) is 0 Å². The Hall–Kier alpha value is -4.14. The number of hydrogen-bond donors (Lipinski definition) is 3. The highest BCUT2D eigenvalue weighted by molar-refractivity contribution is 6.37. The summed E-state index contributed by atoms with van der Waals surface area (Å²) in [7, 11) is 0. The summed E-state index contributed by atoms with van der Waals surface area (Å²) in [5.41, 5.74) is -0.903. The standard InChI is InChI=1S/C30H22Cl3F2N5O3/c31-19-11-17(14-36)27(25(32)13-19)39-26-4-2-1-3-23(26)24-12-18(15-37-28(24)40-10-9-21(41)16-40)29(42)38-20-5-7-22(8-6-20)43-30(33,34)35/h1-8,11-13,15,21,39,41H,9-10,16H2,(H,38,42)/t21-/m1/s1. The largest absolute Gasteiger partial charge is 0.487 e. The van der Waals surface area contributed by atoms with E-state index in [9.17, 15) is 23.9 Å². The number of anilines is 4. The van der Waals surface area contributed by atoms with Crippen LogP contribution in [0.2, 0.25) is 10.0 Å². The van der Waals surface area contributed by atoms with Gasteiger partial charge in [-0.3, -0.25) is 4.79 Å². The summed E-state index contributed by atoms with van der Waals surface area (Å²) >= 11 is 17.4. The quantitative estimate of drug-likeness (QED) is 0.169. The minimum absolute atomic E-state index is 0.177. The number of carbonyl (C=O) groups excluding carboxylic acids is 1. The summed E-state index contributed by atoms with van der Waals surface area (Å²) in [5.74, 6) is -0.131. The molecule has 1 aliphatic heterocycles. The SMILES string of the molecule is N#Cc1cc(Cl)cc(Cl)c1Nc1ccccc1-c1cc(C(=O)Nc2ccc(OC(F)(F)Cl)cc2)cnc1N1CC[C@@H](O)C1. The van der Waals surface area contributed by atoms with Gasteiger partial charge >= 0.3 is 5.57 Å². The van der Waals surface area contributed by atoms with Crippen LogP contribution in [0.15, 0.2) is 72.9 Å². The fourth-order valence-electron chi connectivity index (χ4n) is 4.66. The van der Waals surface area contributed by atoms with Gasteiger partial charge in [0.15, 0.2) is 0 Å². The van der Waals surface area contributed by atoms with Crippen LogP contribution in [0.5, 0.6) is 5.75 Å². The van der Waals surface area contributed by atoms with Gasteiger partial charge in [0, 0.05) is 58.4 Å². The lowest BCUT2D eigenvalue weighted by Crippen LogP contribution is -2.23. The number of benzene rings is 3. The Labute approximate surface area is 260 Å². The predicted molar refractivity (Wildman–Crippen MR) is 163 cm³/mol. The average molecular weight is 645 g/mol. The van der Waals surface area contributed by atoms with Crippen molar-refractivity contribution in [3.05, 3.63) is 94.1 Å². The van der Waals surface area contributed by atoms with Crippen molar-refractivity contribution in [2.75, 3.05) is 28.6 Å². The molecule has 3 aromatic carbocycles. The zero-order chi connectivity index (χ0) is 30.7. The van der Waals surface area contributed by atoms with Crippen LogP contribution in [-0.2, 0) is 0 Å². The second kappa shape index (κ2) is 12.6. The molecular weight excluding hydrogens is 623 g/mol. The van der Waals surface area contributed by atoms with E-state index in [0.717, 1.165) is 0 Å². The van der Waals surface area contributed by atoms with Gasteiger partial charge in [0.25, 0.3) is 5.91 Å². The van der Waals surface area contributed by atoms with E-state index < -0.39 is 17.6 Å². The van der Waals surface area contributed by atoms with E-state index >= 15 is 0 Å². The number of β-amino-alcohol motifs (C(OH)–C–C–N with tert-alkyl or cyclic N) is 1. The number of nitrogens with zero attached hydrogens (tertiary/aromatic N) is 3. The summed E-state index contributed by atoms with van der Waals surface area (Å²) in [6.45, 7) is 0.915. The van der Waals surface area contributed by atoms with Crippen molar-refractivity contribution in [3.63, 3.8) is 0 Å². The summed E-state index contributed by atoms with van der Waals surface area (Å²) in [6, 6.07) is 19.3. The van der Waals surface area contributed by atoms with Crippen LogP contribution in [-0.4, -0.2) is 40.8 Å². The summed E-state index contributed by atoms with van der Waals surface area (Å²) in [4.78, 5) is 19.8. The van der Waals surface area contributed by atoms with Crippen LogP contribution in [0.1, 0.15) is 22.3 Å². The maximum atomic E-state index is 13.3. The lowest BCUT2D eigenvalue weighted by atomic mass is 10.0. The van der Waals surface area contributed by atoms with Gasteiger partial charge in [0.05, 0.1) is 27.9 Å². The molecule has 2 heterocycles. The average Bonchev–Trinajstić information content (AvgIpc) is 3.40. The van der Waals surface area contributed by atoms with Gasteiger partial charge in [-0.05, 0) is 55.0 Å². The molecule has 3 N–H and O–H groups in total. The van der Waals surface area contributed by atoms with E-state index in [2.05, 4.69) is 26.4 Å². The third-order valence-corrected chi connectivity index (χ3v) is 7.18. The zero-order valence-corrected chi connectivity index (χ0v) is 24.4. The number of halogens is 5. The second-order valence-corrected chi connectivity index (χ2v) is 10.9. The first-order chi connectivity index (χ1) is 20.5. The van der Waals surface area contributed by atoms with E-state index in [0.29, 0.717) is 58.5 Å². The highest BCUT2D eigenvalue weighted by Crippen LogP contribution is 2.40. The number of aliphatic hydroxyl groups excluding tert-OH is 1. The smallest absolute Gasteiger partial charge is 0.420 e. The Morgan fingerprint density at radius 3 is 2.53 bits per heavy atom. The summed E-state index contributed by atoms with van der Waals surface area (Å²) in [6.07, 6.45) is 1.46. The molecule has 13 heteroatoms. The molecule has 8 nitrogen and oxygen atoms in total. The van der Waals surface area contributed by atoms with E-state index in [1.54, 1.807) is 18.2 Å². The van der Waals surface area contributed by atoms with Gasteiger partial charge in [-0.2, -0.15) is 5.26 Å². The van der Waals surface area contributed by atoms with E-state index in [4.69, 9.17) is 34.8 Å². The molecule has 0 spiro atoms. The molecule has 4 aromatic rings. The van der Waals surface area contributed by atoms with Crippen molar-refractivity contribution in [2.45, 2.75) is 18.1 Å². The molecule has 1 aliphatic rings. The number of carbonyl (C=O) groups is 1. The Balaban J connectivity index is 1.51. The minimum Gasteiger partial charge on any atom is -0.420 e. The molecule has 0 radical (unpaired) electrons. The number of para-hydroxylation sites is 1. The number of aromatic nitrogens is 1. The number of hydrogen-bond acceptors (Lipinski definition) is 7. The van der Waals surface area contributed by atoms with Gasteiger partial charge in [0.1, 0.15) is 17.6 Å². The Bertz CT molecular complexity index is 1710. The van der Waals surface area contributed by atoms with Crippen molar-refractivity contribution in [1.82, 2.24) is 4.98 Å². The number of nitrogens with one attached hydrogen (secondary N) is 2. The van der Waals surface area contributed by atoms with Crippen molar-refractivity contribution >= 4 is 63.6 Å². The van der Waals surface area contributed by atoms with Gasteiger partial charge in [-0.15, -0.1) is 8.78 Å². The number of amides is 1. The number of alkyl halides is 3. The monoisotopic (exact) mass is 643 g/mol. The number of nitriles is 1. The Morgan fingerprint density at radius 2 is 1.86 bits per heavy atom. The van der Waals surface area contributed by atoms with Gasteiger partial charge in [-0.25, -0.2) is 4.98 Å². The molecule has 0 aliphatic carbocycles. The van der Waals surface area contributed by atoms with Crippen LogP contribution in [0.3, 0.4) is 0 Å². The third-order valence-electron chi connectivity index (χ3n) is 6.59. The van der Waals surface area contributed by atoms with Gasteiger partial charge < -0.3 is 25.4 Å². The van der Waals surface area contributed by atoms with Crippen LogP contribution in [0.4, 0.5) is 31.7 Å². The van der Waals surface area contributed by atoms with Crippen LogP contribution in [0, 0.1) is 11.3 Å². The summed E-state index contributed by atoms with van der Waals surface area (Å²) < 4.78 is 30.2. The van der Waals surface area contributed by atoms with Crippen molar-refractivity contribution in [2.24, 2.45) is 0 Å². The first-order valence-corrected chi connectivity index (χ1v) is 14.0. The normalized spacial score (nSPS) is 14.7. The lowest BCUT2D eigenvalue weighted by molar-refractivity contribution is -0.0964. The van der Waals surface area contributed by atoms with E-state index in [-0.39, 0.29) is 21.9 Å². The number of aliphatic hydroxyl groups is 1. The third kappa shape index (κ3) is 7.27. The molecule has 1 atom stereocenters. The fourth-order valence-corrected chi connectivity index (χ4v) is 5.29. The first-order valence-electron chi connectivity index (χ1n) is 12.9. The molecule has 1 amide bonds. The minimum atomic E-state index is -3.86. The molecule has 1 fully saturated rings. The highest BCUT2D eigenvalue weighted by atomic mass is 35.5. The number of rotatable bonds is 8.